The van der Waals surface area contributed by atoms with Gasteiger partial charge in [0.1, 0.15) is 0 Å². The van der Waals surface area contributed by atoms with Crippen molar-refractivity contribution in [3.05, 3.63) is 29.3 Å². The molecule has 0 aromatic heterocycles. The molecule has 4 heteroatoms. The Balaban J connectivity index is 2.67. The molecule has 0 saturated carbocycles. The number of aliphatic carboxylic acids is 1. The van der Waals surface area contributed by atoms with Crippen molar-refractivity contribution in [2.45, 2.75) is 13.8 Å². The maximum absolute atomic E-state index is 10.5. The van der Waals surface area contributed by atoms with Crippen molar-refractivity contribution in [3.8, 4) is 0 Å². The van der Waals surface area contributed by atoms with Crippen LogP contribution in [0.5, 0.6) is 0 Å². The summed E-state index contributed by atoms with van der Waals surface area (Å²) in [5.41, 5.74) is 3.41. The van der Waals surface area contributed by atoms with E-state index in [1.54, 1.807) is 11.9 Å². The maximum Gasteiger partial charge on any atom is 0.316 e. The lowest BCUT2D eigenvalue weighted by Crippen LogP contribution is -2.36. The minimum atomic E-state index is -0.821. The molecule has 0 saturated heterocycles. The molecule has 1 aromatic rings. The summed E-state index contributed by atoms with van der Waals surface area (Å²) in [5, 5.41) is 8.61. The van der Waals surface area contributed by atoms with Crippen LogP contribution >= 0.6 is 0 Å². The molecule has 0 bridgehead atoms. The Morgan fingerprint density at radius 1 is 1.33 bits per heavy atom. The zero-order valence-electron chi connectivity index (χ0n) is 9.32. The molecule has 0 aliphatic carbocycles. The van der Waals surface area contributed by atoms with E-state index >= 15 is 0 Å². The van der Waals surface area contributed by atoms with Gasteiger partial charge in [-0.05, 0) is 20.9 Å². The first kappa shape index (κ1) is 11.8. The van der Waals surface area contributed by atoms with Crippen molar-refractivity contribution < 1.29 is 9.90 Å². The Kier molecular flexibility index (Phi) is 3.92. The van der Waals surface area contributed by atoms with Crippen LogP contribution in [0.25, 0.3) is 0 Å². The largest absolute Gasteiger partial charge is 0.480 e. The van der Waals surface area contributed by atoms with Crippen LogP contribution in [-0.2, 0) is 4.79 Å². The Morgan fingerprint density at radius 3 is 2.33 bits per heavy atom. The lowest BCUT2D eigenvalue weighted by Gasteiger charge is -2.13. The van der Waals surface area contributed by atoms with Crippen LogP contribution in [0.3, 0.4) is 0 Å². The van der Waals surface area contributed by atoms with Gasteiger partial charge in [0, 0.05) is 0 Å². The van der Waals surface area contributed by atoms with Gasteiger partial charge in [0.15, 0.2) is 0 Å². The number of nitrogens with zero attached hydrogens (tertiary/aromatic N) is 1. The van der Waals surface area contributed by atoms with Gasteiger partial charge in [-0.1, -0.05) is 34.8 Å². The molecule has 0 amide bonds. The molecule has 0 unspecified atom stereocenters. The van der Waals surface area contributed by atoms with Crippen molar-refractivity contribution in [1.29, 1.82) is 0 Å². The summed E-state index contributed by atoms with van der Waals surface area (Å²) in [6.07, 6.45) is 0. The lowest BCUT2D eigenvalue weighted by atomic mass is 9.79. The van der Waals surface area contributed by atoms with E-state index in [4.69, 9.17) is 5.11 Å². The van der Waals surface area contributed by atoms with E-state index in [9.17, 15) is 4.79 Å². The quantitative estimate of drug-likeness (QED) is 0.728. The molecule has 0 atom stereocenters. The number of hydrogen-bond donors (Lipinski definition) is 1. The highest BCUT2D eigenvalue weighted by Gasteiger charge is 2.07. The molecular formula is C11H15BNO2. The number of likely N-dealkylation sites (N-methyl/N-ethyl adjacent to an activating group) is 1. The van der Waals surface area contributed by atoms with Gasteiger partial charge in [-0.15, -0.1) is 0 Å². The van der Waals surface area contributed by atoms with E-state index in [2.05, 4.69) is 6.07 Å². The van der Waals surface area contributed by atoms with Crippen molar-refractivity contribution in [2.75, 3.05) is 13.6 Å². The number of aryl methyl sites for hydroxylation is 2. The van der Waals surface area contributed by atoms with Crippen LogP contribution in [-0.4, -0.2) is 36.9 Å². The predicted molar refractivity (Wildman–Crippen MR) is 61.6 cm³/mol. The van der Waals surface area contributed by atoms with Crippen LogP contribution < -0.4 is 5.46 Å². The second-order valence-electron chi connectivity index (χ2n) is 3.86. The summed E-state index contributed by atoms with van der Waals surface area (Å²) >= 11 is 0. The molecule has 15 heavy (non-hydrogen) atoms. The lowest BCUT2D eigenvalue weighted by molar-refractivity contribution is -0.137. The monoisotopic (exact) mass is 204 g/mol. The molecule has 0 spiro atoms. The minimum absolute atomic E-state index is 0.0208. The first-order valence-electron chi connectivity index (χ1n) is 4.82. The summed E-state index contributed by atoms with van der Waals surface area (Å²) < 4.78 is 0. The van der Waals surface area contributed by atoms with Crippen LogP contribution in [0, 0.1) is 13.8 Å². The normalized spacial score (nSPS) is 10.4. The van der Waals surface area contributed by atoms with E-state index in [1.165, 1.54) is 11.1 Å². The summed E-state index contributed by atoms with van der Waals surface area (Å²) in [6, 6.07) is 6.16. The van der Waals surface area contributed by atoms with Crippen molar-refractivity contribution in [3.63, 3.8) is 0 Å². The van der Waals surface area contributed by atoms with E-state index in [0.717, 1.165) is 5.46 Å². The molecule has 0 aliphatic heterocycles. The maximum atomic E-state index is 10.5. The fraction of sp³-hybridized carbons (Fsp3) is 0.364. The zero-order valence-corrected chi connectivity index (χ0v) is 9.32. The zero-order chi connectivity index (χ0) is 11.4. The third-order valence-electron chi connectivity index (χ3n) is 2.00. The number of rotatable bonds is 4. The topological polar surface area (TPSA) is 40.5 Å². The van der Waals surface area contributed by atoms with Crippen LogP contribution in [0.2, 0.25) is 0 Å². The molecule has 1 radical (unpaired) electrons. The number of carbonyl (C=O) groups is 1. The second kappa shape index (κ2) is 4.98. The summed E-state index contributed by atoms with van der Waals surface area (Å²) in [6.45, 7) is 4.08. The van der Waals surface area contributed by atoms with Crippen LogP contribution in [0.1, 0.15) is 11.1 Å². The van der Waals surface area contributed by atoms with Crippen molar-refractivity contribution >= 4 is 18.8 Å². The second-order valence-corrected chi connectivity index (χ2v) is 3.86. The van der Waals surface area contributed by atoms with E-state index in [0.29, 0.717) is 0 Å². The Morgan fingerprint density at radius 2 is 1.87 bits per heavy atom. The number of carboxylic acid groups (broad SMARTS) is 1. The fourth-order valence-electron chi connectivity index (χ4n) is 1.60. The number of carboxylic acids is 1. The number of benzene rings is 1. The average molecular weight is 204 g/mol. The highest BCUT2D eigenvalue weighted by atomic mass is 16.4. The van der Waals surface area contributed by atoms with Crippen LogP contribution in [0.4, 0.5) is 0 Å². The number of hydrogen-bond acceptors (Lipinski definition) is 2. The molecule has 1 aromatic carbocycles. The molecule has 1 N–H and O–H groups in total. The molecule has 0 heterocycles. The van der Waals surface area contributed by atoms with Crippen molar-refractivity contribution in [2.24, 2.45) is 0 Å². The van der Waals surface area contributed by atoms with Gasteiger partial charge in [0.2, 0.25) is 7.41 Å². The molecule has 0 fully saturated rings. The highest BCUT2D eigenvalue weighted by Crippen LogP contribution is 1.99. The highest BCUT2D eigenvalue weighted by molar-refractivity contribution is 6.50. The SMILES string of the molecule is Cc1cc(C)cc([B]N(C)CC(=O)O)c1. The standard InChI is InChI=1S/C11H15BNO2/c1-8-4-9(2)6-10(5-8)12-13(3)7-11(14)15/h4-6H,7H2,1-3H3,(H,14,15). The van der Waals surface area contributed by atoms with Gasteiger partial charge in [-0.3, -0.25) is 4.79 Å². The van der Waals surface area contributed by atoms with Gasteiger partial charge >= 0.3 is 5.97 Å². The first-order valence-corrected chi connectivity index (χ1v) is 4.82. The Hall–Kier alpha value is -1.29. The third-order valence-corrected chi connectivity index (χ3v) is 2.00. The molecule has 0 aliphatic rings. The predicted octanol–water partition coefficient (Wildman–Crippen LogP) is 0.564. The minimum Gasteiger partial charge on any atom is -0.480 e. The fourth-order valence-corrected chi connectivity index (χ4v) is 1.60. The molecular weight excluding hydrogens is 189 g/mol. The van der Waals surface area contributed by atoms with Gasteiger partial charge in [0.25, 0.3) is 0 Å². The molecule has 79 valence electrons. The summed E-state index contributed by atoms with van der Waals surface area (Å²) in [7, 11) is 3.60. The van der Waals surface area contributed by atoms with Crippen LogP contribution in [0.15, 0.2) is 18.2 Å². The van der Waals surface area contributed by atoms with Gasteiger partial charge in [-0.25, -0.2) is 0 Å². The summed E-state index contributed by atoms with van der Waals surface area (Å²) in [5.74, 6) is -0.821. The van der Waals surface area contributed by atoms with E-state index < -0.39 is 5.97 Å². The third kappa shape index (κ3) is 4.17. The average Bonchev–Trinajstić information content (AvgIpc) is 1.98. The molecule has 1 rings (SSSR count). The molecule has 3 nitrogen and oxygen atoms in total. The Labute approximate surface area is 91.0 Å². The van der Waals surface area contributed by atoms with E-state index in [-0.39, 0.29) is 6.54 Å². The smallest absolute Gasteiger partial charge is 0.316 e. The van der Waals surface area contributed by atoms with E-state index in [1.807, 2.05) is 33.4 Å². The van der Waals surface area contributed by atoms with Crippen molar-refractivity contribution in [1.82, 2.24) is 4.81 Å². The van der Waals surface area contributed by atoms with Gasteiger partial charge < -0.3 is 9.92 Å². The summed E-state index contributed by atoms with van der Waals surface area (Å²) in [4.78, 5) is 12.1. The van der Waals surface area contributed by atoms with Gasteiger partial charge in [-0.2, -0.15) is 0 Å². The first-order chi connectivity index (χ1) is 6.97. The Bertz CT molecular complexity index is 345. The van der Waals surface area contributed by atoms with Gasteiger partial charge in [0.05, 0.1) is 6.54 Å².